The molecule has 5 nitrogen and oxygen atoms in total. The molecular weight excluding hydrogens is 218 g/mol. The Labute approximate surface area is 100 Å². The lowest BCUT2D eigenvalue weighted by molar-refractivity contribution is -0.117. The van der Waals surface area contributed by atoms with Gasteiger partial charge in [0, 0.05) is 6.54 Å². The highest BCUT2D eigenvalue weighted by Crippen LogP contribution is 2.36. The number of nitrogens with one attached hydrogen (secondary N) is 1. The van der Waals surface area contributed by atoms with Crippen molar-refractivity contribution in [1.29, 1.82) is 10.5 Å². The zero-order valence-corrected chi connectivity index (χ0v) is 9.79. The Hall–Kier alpha value is -2.01. The largest absolute Gasteiger partial charge is 0.511 e. The normalized spacial score (nSPS) is 18.8. The summed E-state index contributed by atoms with van der Waals surface area (Å²) in [5, 5.41) is 29.5. The summed E-state index contributed by atoms with van der Waals surface area (Å²) in [5.74, 6) is -0.920. The van der Waals surface area contributed by atoms with Crippen LogP contribution in [0.4, 0.5) is 0 Å². The van der Waals surface area contributed by atoms with Crippen LogP contribution < -0.4 is 5.32 Å². The highest BCUT2D eigenvalue weighted by molar-refractivity contribution is 5.97. The number of amides is 1. The van der Waals surface area contributed by atoms with E-state index in [0.717, 1.165) is 25.7 Å². The number of nitriles is 2. The Kier molecular flexibility index (Phi) is 4.12. The lowest BCUT2D eigenvalue weighted by Gasteiger charge is -2.20. The number of nitrogens with zero attached hydrogens (tertiary/aromatic N) is 2. The van der Waals surface area contributed by atoms with Crippen LogP contribution in [0, 0.1) is 28.1 Å². The van der Waals surface area contributed by atoms with Gasteiger partial charge in [0.2, 0.25) is 0 Å². The summed E-state index contributed by atoms with van der Waals surface area (Å²) < 4.78 is 0. The minimum Gasteiger partial charge on any atom is -0.511 e. The fourth-order valence-corrected chi connectivity index (χ4v) is 2.01. The van der Waals surface area contributed by atoms with Crippen LogP contribution in [0.1, 0.15) is 32.6 Å². The molecule has 17 heavy (non-hydrogen) atoms. The summed E-state index contributed by atoms with van der Waals surface area (Å²) in [5.41, 5.74) is -0.796. The van der Waals surface area contributed by atoms with Crippen molar-refractivity contribution in [3.05, 3.63) is 11.3 Å². The van der Waals surface area contributed by atoms with E-state index in [0.29, 0.717) is 0 Å². The Bertz CT molecular complexity index is 416. The van der Waals surface area contributed by atoms with Gasteiger partial charge in [0.25, 0.3) is 5.91 Å². The average Bonchev–Trinajstić information content (AvgIpc) is 2.76. The first kappa shape index (κ1) is 13.1. The minimum absolute atomic E-state index is 0.237. The van der Waals surface area contributed by atoms with Crippen LogP contribution in [0.2, 0.25) is 0 Å². The minimum atomic E-state index is -0.617. The summed E-state index contributed by atoms with van der Waals surface area (Å²) in [6, 6.07) is 3.88. The van der Waals surface area contributed by atoms with E-state index in [9.17, 15) is 4.79 Å². The lowest BCUT2D eigenvalue weighted by Crippen LogP contribution is -2.36. The van der Waals surface area contributed by atoms with Gasteiger partial charge < -0.3 is 10.4 Å². The smallest absolute Gasteiger partial charge is 0.265 e. The first-order chi connectivity index (χ1) is 8.04. The van der Waals surface area contributed by atoms with E-state index >= 15 is 0 Å². The first-order valence-corrected chi connectivity index (χ1v) is 5.54. The standard InChI is InChI=1S/C12H15N3O2/c1-9(16)10(6-13)11(17)15-8-12(7-14)4-2-3-5-12/h16H,2-5,8H2,1H3,(H,15,17). The van der Waals surface area contributed by atoms with Crippen molar-refractivity contribution in [3.8, 4) is 12.1 Å². The zero-order chi connectivity index (χ0) is 12.9. The van der Waals surface area contributed by atoms with Crippen LogP contribution in [0.5, 0.6) is 0 Å². The van der Waals surface area contributed by atoms with Gasteiger partial charge in [-0.05, 0) is 19.8 Å². The van der Waals surface area contributed by atoms with Crippen LogP contribution in [-0.2, 0) is 4.79 Å². The Morgan fingerprint density at radius 2 is 2.00 bits per heavy atom. The van der Waals surface area contributed by atoms with E-state index in [1.807, 2.05) is 0 Å². The lowest BCUT2D eigenvalue weighted by atomic mass is 9.88. The summed E-state index contributed by atoms with van der Waals surface area (Å²) in [7, 11) is 0. The van der Waals surface area contributed by atoms with Gasteiger partial charge >= 0.3 is 0 Å². The van der Waals surface area contributed by atoms with E-state index in [-0.39, 0.29) is 17.9 Å². The summed E-state index contributed by atoms with van der Waals surface area (Å²) >= 11 is 0. The van der Waals surface area contributed by atoms with Gasteiger partial charge in [0.15, 0.2) is 5.57 Å². The monoisotopic (exact) mass is 233 g/mol. The van der Waals surface area contributed by atoms with Crippen molar-refractivity contribution in [2.24, 2.45) is 5.41 Å². The Balaban J connectivity index is 2.63. The molecule has 0 aromatic rings. The van der Waals surface area contributed by atoms with Crippen molar-refractivity contribution in [3.63, 3.8) is 0 Å². The van der Waals surface area contributed by atoms with Gasteiger partial charge in [-0.2, -0.15) is 10.5 Å². The molecule has 0 aliphatic heterocycles. The fraction of sp³-hybridized carbons (Fsp3) is 0.583. The molecule has 5 heteroatoms. The van der Waals surface area contributed by atoms with Crippen molar-refractivity contribution >= 4 is 5.91 Å². The summed E-state index contributed by atoms with van der Waals surface area (Å²) in [6.45, 7) is 1.52. The number of hydrogen-bond acceptors (Lipinski definition) is 4. The number of aliphatic hydroxyl groups excluding tert-OH is 1. The Morgan fingerprint density at radius 3 is 2.41 bits per heavy atom. The maximum atomic E-state index is 11.6. The molecule has 1 saturated carbocycles. The molecule has 0 heterocycles. The molecule has 0 saturated heterocycles. The van der Waals surface area contributed by atoms with E-state index in [4.69, 9.17) is 15.6 Å². The number of carbonyl (C=O) groups is 1. The van der Waals surface area contributed by atoms with Crippen LogP contribution in [0.25, 0.3) is 0 Å². The quantitative estimate of drug-likeness (QED) is 0.439. The summed E-state index contributed by atoms with van der Waals surface area (Å²) in [4.78, 5) is 11.6. The number of rotatable bonds is 3. The zero-order valence-electron chi connectivity index (χ0n) is 9.79. The van der Waals surface area contributed by atoms with E-state index in [1.165, 1.54) is 6.92 Å². The number of hydrogen-bond donors (Lipinski definition) is 2. The first-order valence-electron chi connectivity index (χ1n) is 5.54. The molecule has 0 aromatic carbocycles. The average molecular weight is 233 g/mol. The molecular formula is C12H15N3O2. The highest BCUT2D eigenvalue weighted by atomic mass is 16.3. The van der Waals surface area contributed by atoms with E-state index < -0.39 is 11.3 Å². The van der Waals surface area contributed by atoms with Gasteiger partial charge in [0.05, 0.1) is 11.5 Å². The molecule has 0 bridgehead atoms. The molecule has 0 aromatic heterocycles. The van der Waals surface area contributed by atoms with Crippen LogP contribution in [0.3, 0.4) is 0 Å². The predicted octanol–water partition coefficient (Wildman–Crippen LogP) is 1.54. The third-order valence-electron chi connectivity index (χ3n) is 3.09. The molecule has 2 N–H and O–H groups in total. The molecule has 0 spiro atoms. The Morgan fingerprint density at radius 1 is 1.41 bits per heavy atom. The van der Waals surface area contributed by atoms with Gasteiger partial charge in [0.1, 0.15) is 11.8 Å². The highest BCUT2D eigenvalue weighted by Gasteiger charge is 2.34. The topological polar surface area (TPSA) is 96.9 Å². The fourth-order valence-electron chi connectivity index (χ4n) is 2.01. The third kappa shape index (κ3) is 2.98. The van der Waals surface area contributed by atoms with Crippen molar-refractivity contribution < 1.29 is 9.90 Å². The second kappa shape index (κ2) is 5.36. The number of aliphatic hydroxyl groups is 1. The van der Waals surface area contributed by atoms with E-state index in [2.05, 4.69) is 11.4 Å². The van der Waals surface area contributed by atoms with Crippen LogP contribution >= 0.6 is 0 Å². The molecule has 1 aliphatic carbocycles. The van der Waals surface area contributed by atoms with Crippen molar-refractivity contribution in [2.75, 3.05) is 6.54 Å². The summed E-state index contributed by atoms with van der Waals surface area (Å²) in [6.07, 6.45) is 3.52. The molecule has 0 radical (unpaired) electrons. The number of allylic oxidation sites excluding steroid dienone is 1. The van der Waals surface area contributed by atoms with Gasteiger partial charge in [-0.1, -0.05) is 12.8 Å². The van der Waals surface area contributed by atoms with Gasteiger partial charge in [-0.25, -0.2) is 0 Å². The molecule has 1 rings (SSSR count). The predicted molar refractivity (Wildman–Crippen MR) is 60.5 cm³/mol. The second-order valence-electron chi connectivity index (χ2n) is 4.35. The molecule has 1 aliphatic rings. The maximum absolute atomic E-state index is 11.6. The van der Waals surface area contributed by atoms with Crippen LogP contribution in [-0.4, -0.2) is 17.6 Å². The van der Waals surface area contributed by atoms with Crippen molar-refractivity contribution in [2.45, 2.75) is 32.6 Å². The van der Waals surface area contributed by atoms with E-state index in [1.54, 1.807) is 6.07 Å². The van der Waals surface area contributed by atoms with Gasteiger partial charge in [-0.15, -0.1) is 0 Å². The molecule has 1 fully saturated rings. The molecule has 90 valence electrons. The molecule has 1 amide bonds. The van der Waals surface area contributed by atoms with Gasteiger partial charge in [-0.3, -0.25) is 4.79 Å². The maximum Gasteiger partial charge on any atom is 0.265 e. The number of carbonyl (C=O) groups excluding carboxylic acids is 1. The van der Waals surface area contributed by atoms with Crippen LogP contribution in [0.15, 0.2) is 11.3 Å². The second-order valence-corrected chi connectivity index (χ2v) is 4.35. The van der Waals surface area contributed by atoms with Crippen molar-refractivity contribution in [1.82, 2.24) is 5.32 Å². The third-order valence-corrected chi connectivity index (χ3v) is 3.09. The molecule has 0 atom stereocenters. The SMILES string of the molecule is CC(O)=C(C#N)C(=O)NCC1(C#N)CCCC1. The molecule has 0 unspecified atom stereocenters.